The zero-order valence-electron chi connectivity index (χ0n) is 10.1. The van der Waals surface area contributed by atoms with Crippen LogP contribution in [0.5, 0.6) is 0 Å². The number of hydrogen-bond acceptors (Lipinski definition) is 3. The zero-order valence-corrected chi connectivity index (χ0v) is 10.9. The summed E-state index contributed by atoms with van der Waals surface area (Å²) in [5.74, 6) is -0.451. The molecule has 0 spiro atoms. The number of carbonyl (C=O) groups excluding carboxylic acids is 1. The molecule has 18 heavy (non-hydrogen) atoms. The van der Waals surface area contributed by atoms with E-state index in [1.165, 1.54) is 18.2 Å². The van der Waals surface area contributed by atoms with Crippen LogP contribution in [0.15, 0.2) is 40.8 Å². The zero-order chi connectivity index (χ0) is 13.8. The summed E-state index contributed by atoms with van der Waals surface area (Å²) in [7, 11) is -4.85. The molecule has 1 amide bonds. The van der Waals surface area contributed by atoms with E-state index in [9.17, 15) is 17.1 Å². The van der Waals surface area contributed by atoms with Gasteiger partial charge in [-0.25, -0.2) is 0 Å². The molecule has 0 atom stereocenters. The Balaban J connectivity index is 3.07. The lowest BCUT2D eigenvalue weighted by Crippen LogP contribution is -2.14. The molecule has 0 bridgehead atoms. The second-order valence-corrected chi connectivity index (χ2v) is 5.00. The number of carbonyl (C=O) groups is 1. The fourth-order valence-corrected chi connectivity index (χ4v) is 2.03. The van der Waals surface area contributed by atoms with E-state index in [-0.39, 0.29) is 5.69 Å². The Bertz CT molecular complexity index is 579. The van der Waals surface area contributed by atoms with Crippen molar-refractivity contribution in [2.75, 3.05) is 5.32 Å². The molecule has 0 fully saturated rings. The van der Waals surface area contributed by atoms with Crippen molar-refractivity contribution < 1.29 is 17.1 Å². The van der Waals surface area contributed by atoms with Gasteiger partial charge in [0.1, 0.15) is 4.90 Å². The Morgan fingerprint density at radius 2 is 2.00 bits per heavy atom. The normalized spacial score (nSPS) is 12.3. The molecule has 0 aliphatic heterocycles. The van der Waals surface area contributed by atoms with Crippen LogP contribution in [0.3, 0.4) is 0 Å². The van der Waals surface area contributed by atoms with Gasteiger partial charge in [0.15, 0.2) is 0 Å². The lowest BCUT2D eigenvalue weighted by Gasteiger charge is -2.08. The molecule has 1 aromatic rings. The lowest BCUT2D eigenvalue weighted by molar-refractivity contribution is -0.112. The quantitative estimate of drug-likeness (QED) is 0.676. The van der Waals surface area contributed by atoms with E-state index >= 15 is 0 Å². The SMILES string of the molecule is CC/C=C(/C)C(=O)Nc1ccccc1S(=O)(=O)F. The van der Waals surface area contributed by atoms with Gasteiger partial charge in [-0.15, -0.1) is 3.89 Å². The number of benzene rings is 1. The van der Waals surface area contributed by atoms with E-state index in [1.807, 2.05) is 6.92 Å². The third-order valence-corrected chi connectivity index (χ3v) is 3.15. The minimum Gasteiger partial charge on any atom is -0.321 e. The smallest absolute Gasteiger partial charge is 0.321 e. The van der Waals surface area contributed by atoms with Gasteiger partial charge in [-0.2, -0.15) is 8.42 Å². The Morgan fingerprint density at radius 3 is 2.56 bits per heavy atom. The van der Waals surface area contributed by atoms with Crippen LogP contribution in [-0.4, -0.2) is 14.3 Å². The number of rotatable bonds is 4. The van der Waals surface area contributed by atoms with E-state index in [0.717, 1.165) is 6.07 Å². The molecular formula is C12H14FNO3S. The van der Waals surface area contributed by atoms with Crippen molar-refractivity contribution in [2.24, 2.45) is 0 Å². The predicted molar refractivity (Wildman–Crippen MR) is 67.4 cm³/mol. The summed E-state index contributed by atoms with van der Waals surface area (Å²) in [5, 5.41) is 2.38. The maximum Gasteiger partial charge on any atom is 0.334 e. The van der Waals surface area contributed by atoms with Gasteiger partial charge < -0.3 is 5.32 Å². The van der Waals surface area contributed by atoms with E-state index in [4.69, 9.17) is 0 Å². The third kappa shape index (κ3) is 3.66. The van der Waals surface area contributed by atoms with Crippen LogP contribution in [0.1, 0.15) is 20.3 Å². The number of halogens is 1. The number of nitrogens with one attached hydrogen (secondary N) is 1. The van der Waals surface area contributed by atoms with Crippen molar-refractivity contribution >= 4 is 21.8 Å². The van der Waals surface area contributed by atoms with Gasteiger partial charge in [-0.1, -0.05) is 25.1 Å². The fraction of sp³-hybridized carbons (Fsp3) is 0.250. The highest BCUT2D eigenvalue weighted by Crippen LogP contribution is 2.23. The van der Waals surface area contributed by atoms with Gasteiger partial charge in [-0.05, 0) is 25.5 Å². The van der Waals surface area contributed by atoms with Crippen LogP contribution in [0, 0.1) is 0 Å². The van der Waals surface area contributed by atoms with Gasteiger partial charge >= 0.3 is 10.2 Å². The molecule has 0 radical (unpaired) electrons. The van der Waals surface area contributed by atoms with Crippen molar-refractivity contribution in [1.82, 2.24) is 0 Å². The number of allylic oxidation sites excluding steroid dienone is 1. The summed E-state index contributed by atoms with van der Waals surface area (Å²) in [5.41, 5.74) is 0.386. The van der Waals surface area contributed by atoms with Crippen molar-refractivity contribution in [3.8, 4) is 0 Å². The molecule has 0 heterocycles. The van der Waals surface area contributed by atoms with E-state index < -0.39 is 21.0 Å². The van der Waals surface area contributed by atoms with Crippen molar-refractivity contribution in [3.63, 3.8) is 0 Å². The highest BCUT2D eigenvalue weighted by Gasteiger charge is 2.18. The van der Waals surface area contributed by atoms with Gasteiger partial charge in [0.2, 0.25) is 0 Å². The van der Waals surface area contributed by atoms with Crippen LogP contribution < -0.4 is 5.32 Å². The van der Waals surface area contributed by atoms with Gasteiger partial charge in [0, 0.05) is 5.57 Å². The van der Waals surface area contributed by atoms with Crippen molar-refractivity contribution in [3.05, 3.63) is 35.9 Å². The molecule has 0 aromatic heterocycles. The molecule has 0 unspecified atom stereocenters. The average molecular weight is 271 g/mol. The predicted octanol–water partition coefficient (Wildman–Crippen LogP) is 2.64. The number of para-hydroxylation sites is 1. The first-order chi connectivity index (χ1) is 8.36. The molecular weight excluding hydrogens is 257 g/mol. The van der Waals surface area contributed by atoms with Crippen LogP contribution in [-0.2, 0) is 15.0 Å². The molecule has 6 heteroatoms. The summed E-state index contributed by atoms with van der Waals surface area (Å²) >= 11 is 0. The van der Waals surface area contributed by atoms with Gasteiger partial charge in [-0.3, -0.25) is 4.79 Å². The van der Waals surface area contributed by atoms with Gasteiger partial charge in [0.25, 0.3) is 5.91 Å². The van der Waals surface area contributed by atoms with Crippen LogP contribution in [0.25, 0.3) is 0 Å². The number of amides is 1. The van der Waals surface area contributed by atoms with Gasteiger partial charge in [0.05, 0.1) is 5.69 Å². The average Bonchev–Trinajstić information content (AvgIpc) is 2.28. The standard InChI is InChI=1S/C12H14FNO3S/c1-3-6-9(2)12(15)14-10-7-4-5-8-11(10)18(13,16)17/h4-8H,3H2,1-2H3,(H,14,15)/b9-6-. The first kappa shape index (κ1) is 14.4. The van der Waals surface area contributed by atoms with E-state index in [2.05, 4.69) is 5.32 Å². The highest BCUT2D eigenvalue weighted by atomic mass is 32.3. The Kier molecular flexibility index (Phi) is 4.61. The second kappa shape index (κ2) is 5.77. The molecule has 1 N–H and O–H groups in total. The van der Waals surface area contributed by atoms with Crippen LogP contribution in [0.4, 0.5) is 9.57 Å². The van der Waals surface area contributed by atoms with E-state index in [1.54, 1.807) is 13.0 Å². The van der Waals surface area contributed by atoms with Crippen LogP contribution >= 0.6 is 0 Å². The second-order valence-electron chi connectivity index (χ2n) is 3.68. The maximum atomic E-state index is 13.0. The maximum absolute atomic E-state index is 13.0. The minimum atomic E-state index is -4.85. The molecule has 1 aromatic carbocycles. The third-order valence-electron chi connectivity index (χ3n) is 2.27. The molecule has 4 nitrogen and oxygen atoms in total. The van der Waals surface area contributed by atoms with Crippen molar-refractivity contribution in [1.29, 1.82) is 0 Å². The summed E-state index contributed by atoms with van der Waals surface area (Å²) < 4.78 is 34.8. The Labute approximate surface area is 106 Å². The summed E-state index contributed by atoms with van der Waals surface area (Å²) in [4.78, 5) is 11.1. The monoisotopic (exact) mass is 271 g/mol. The molecule has 0 saturated carbocycles. The van der Waals surface area contributed by atoms with Crippen molar-refractivity contribution in [2.45, 2.75) is 25.2 Å². The largest absolute Gasteiger partial charge is 0.334 e. The van der Waals surface area contributed by atoms with E-state index in [0.29, 0.717) is 12.0 Å². The lowest BCUT2D eigenvalue weighted by atomic mass is 10.2. The molecule has 1 rings (SSSR count). The summed E-state index contributed by atoms with van der Waals surface area (Å²) in [6.45, 7) is 3.47. The fourth-order valence-electron chi connectivity index (χ4n) is 1.40. The molecule has 0 saturated heterocycles. The minimum absolute atomic E-state index is 0.0612. The highest BCUT2D eigenvalue weighted by molar-refractivity contribution is 7.86. The first-order valence-electron chi connectivity index (χ1n) is 5.38. The molecule has 0 aliphatic carbocycles. The Morgan fingerprint density at radius 1 is 1.39 bits per heavy atom. The Hall–Kier alpha value is -1.69. The summed E-state index contributed by atoms with van der Waals surface area (Å²) in [6.07, 6.45) is 2.38. The first-order valence-corrected chi connectivity index (χ1v) is 6.76. The summed E-state index contributed by atoms with van der Waals surface area (Å²) in [6, 6.07) is 5.34. The van der Waals surface area contributed by atoms with Crippen LogP contribution in [0.2, 0.25) is 0 Å². The number of hydrogen-bond donors (Lipinski definition) is 1. The topological polar surface area (TPSA) is 63.2 Å². The molecule has 0 aliphatic rings. The molecule has 98 valence electrons. The number of anilines is 1.